The van der Waals surface area contributed by atoms with Crippen molar-refractivity contribution in [1.82, 2.24) is 20.0 Å². The SMILES string of the molecule is CN=C(NCc1ccsc1)N1CCN(c2cnn(C)c2)C(=O)C1. The number of thiophene rings is 1. The normalized spacial score (nSPS) is 16.1. The third-order valence-electron chi connectivity index (χ3n) is 3.77. The Balaban J connectivity index is 1.60. The lowest BCUT2D eigenvalue weighted by atomic mass is 10.3. The number of aromatic nitrogens is 2. The molecule has 122 valence electrons. The van der Waals surface area contributed by atoms with E-state index < -0.39 is 0 Å². The van der Waals surface area contributed by atoms with Gasteiger partial charge in [-0.05, 0) is 22.4 Å². The van der Waals surface area contributed by atoms with Gasteiger partial charge in [-0.3, -0.25) is 14.5 Å². The standard InChI is InChI=1S/C15H20N6OS/c1-16-15(17-7-12-3-6-23-11-12)20-4-5-21(14(22)10-20)13-8-18-19(2)9-13/h3,6,8-9,11H,4-5,7,10H2,1-2H3,(H,16,17). The molecule has 0 aliphatic carbocycles. The quantitative estimate of drug-likeness (QED) is 0.670. The highest BCUT2D eigenvalue weighted by Gasteiger charge is 2.27. The Bertz CT molecular complexity index is 693. The summed E-state index contributed by atoms with van der Waals surface area (Å²) in [4.78, 5) is 20.5. The molecule has 0 aromatic carbocycles. The minimum absolute atomic E-state index is 0.0581. The van der Waals surface area contributed by atoms with Crippen molar-refractivity contribution in [2.75, 3.05) is 31.6 Å². The Morgan fingerprint density at radius 3 is 2.96 bits per heavy atom. The second-order valence-electron chi connectivity index (χ2n) is 5.37. The van der Waals surface area contributed by atoms with Gasteiger partial charge in [-0.25, -0.2) is 0 Å². The molecule has 1 saturated heterocycles. The number of carbonyl (C=O) groups is 1. The lowest BCUT2D eigenvalue weighted by Gasteiger charge is -2.35. The van der Waals surface area contributed by atoms with Crippen molar-refractivity contribution < 1.29 is 4.79 Å². The van der Waals surface area contributed by atoms with Gasteiger partial charge in [0.1, 0.15) is 6.54 Å². The monoisotopic (exact) mass is 332 g/mol. The zero-order valence-electron chi connectivity index (χ0n) is 13.3. The van der Waals surface area contributed by atoms with E-state index in [1.807, 2.05) is 18.1 Å². The van der Waals surface area contributed by atoms with Crippen molar-refractivity contribution in [1.29, 1.82) is 0 Å². The van der Waals surface area contributed by atoms with Gasteiger partial charge in [-0.2, -0.15) is 16.4 Å². The van der Waals surface area contributed by atoms with Crippen LogP contribution in [0.1, 0.15) is 5.56 Å². The first-order chi connectivity index (χ1) is 11.2. The summed E-state index contributed by atoms with van der Waals surface area (Å²) in [5.41, 5.74) is 2.06. The maximum atomic E-state index is 12.4. The molecule has 1 N–H and O–H groups in total. The fourth-order valence-electron chi connectivity index (χ4n) is 2.58. The summed E-state index contributed by atoms with van der Waals surface area (Å²) < 4.78 is 1.70. The molecule has 3 rings (SSSR count). The molecule has 0 radical (unpaired) electrons. The largest absolute Gasteiger partial charge is 0.352 e. The molecule has 3 heterocycles. The molecule has 2 aromatic heterocycles. The highest BCUT2D eigenvalue weighted by molar-refractivity contribution is 7.07. The van der Waals surface area contributed by atoms with Crippen LogP contribution in [0.15, 0.2) is 34.2 Å². The number of rotatable bonds is 3. The molecular formula is C15H20N6OS. The van der Waals surface area contributed by atoms with E-state index in [9.17, 15) is 4.79 Å². The van der Waals surface area contributed by atoms with Gasteiger partial charge in [-0.15, -0.1) is 0 Å². The molecule has 0 spiro atoms. The summed E-state index contributed by atoms with van der Waals surface area (Å²) in [6, 6.07) is 2.08. The van der Waals surface area contributed by atoms with Crippen LogP contribution in [0, 0.1) is 0 Å². The average molecular weight is 332 g/mol. The van der Waals surface area contributed by atoms with Crippen LogP contribution in [0.2, 0.25) is 0 Å². The number of anilines is 1. The number of carbonyl (C=O) groups excluding carboxylic acids is 1. The van der Waals surface area contributed by atoms with Gasteiger partial charge in [0.25, 0.3) is 0 Å². The highest BCUT2D eigenvalue weighted by Crippen LogP contribution is 2.16. The molecule has 0 atom stereocenters. The van der Waals surface area contributed by atoms with E-state index in [0.29, 0.717) is 19.6 Å². The predicted molar refractivity (Wildman–Crippen MR) is 91.7 cm³/mol. The van der Waals surface area contributed by atoms with Crippen molar-refractivity contribution in [2.24, 2.45) is 12.0 Å². The van der Waals surface area contributed by atoms with Crippen molar-refractivity contribution in [3.8, 4) is 0 Å². The molecule has 1 fully saturated rings. The first-order valence-corrected chi connectivity index (χ1v) is 8.37. The van der Waals surface area contributed by atoms with Gasteiger partial charge in [0.05, 0.1) is 11.9 Å². The van der Waals surface area contributed by atoms with E-state index in [2.05, 4.69) is 32.2 Å². The molecule has 8 heteroatoms. The number of nitrogens with one attached hydrogen (secondary N) is 1. The highest BCUT2D eigenvalue weighted by atomic mass is 32.1. The Morgan fingerprint density at radius 2 is 2.35 bits per heavy atom. The van der Waals surface area contributed by atoms with Crippen LogP contribution in [0.5, 0.6) is 0 Å². The molecule has 0 saturated carbocycles. The van der Waals surface area contributed by atoms with Crippen molar-refractivity contribution in [3.05, 3.63) is 34.8 Å². The zero-order chi connectivity index (χ0) is 16.2. The number of piperazine rings is 1. The zero-order valence-corrected chi connectivity index (χ0v) is 14.1. The van der Waals surface area contributed by atoms with Gasteiger partial charge >= 0.3 is 0 Å². The molecule has 1 aliphatic heterocycles. The smallest absolute Gasteiger partial charge is 0.246 e. The third kappa shape index (κ3) is 3.53. The second-order valence-corrected chi connectivity index (χ2v) is 6.15. The fraction of sp³-hybridized carbons (Fsp3) is 0.400. The van der Waals surface area contributed by atoms with Crippen LogP contribution < -0.4 is 10.2 Å². The summed E-state index contributed by atoms with van der Waals surface area (Å²) in [5.74, 6) is 0.818. The van der Waals surface area contributed by atoms with Gasteiger partial charge in [0, 0.05) is 39.9 Å². The minimum Gasteiger partial charge on any atom is -0.352 e. The molecule has 0 unspecified atom stereocenters. The Hall–Kier alpha value is -2.35. The molecule has 1 amide bonds. The van der Waals surface area contributed by atoms with Crippen LogP contribution in [-0.2, 0) is 18.4 Å². The lowest BCUT2D eigenvalue weighted by Crippen LogP contribution is -2.55. The van der Waals surface area contributed by atoms with Crippen LogP contribution >= 0.6 is 11.3 Å². The van der Waals surface area contributed by atoms with Crippen LogP contribution in [0.3, 0.4) is 0 Å². The van der Waals surface area contributed by atoms with Gasteiger partial charge < -0.3 is 15.1 Å². The van der Waals surface area contributed by atoms with Crippen molar-refractivity contribution in [2.45, 2.75) is 6.54 Å². The van der Waals surface area contributed by atoms with E-state index in [1.54, 1.807) is 34.2 Å². The van der Waals surface area contributed by atoms with Gasteiger partial charge in [-0.1, -0.05) is 0 Å². The maximum absolute atomic E-state index is 12.4. The first kappa shape index (κ1) is 15.5. The maximum Gasteiger partial charge on any atom is 0.246 e. The van der Waals surface area contributed by atoms with Crippen LogP contribution in [0.4, 0.5) is 5.69 Å². The Morgan fingerprint density at radius 1 is 1.48 bits per heavy atom. The Kier molecular flexibility index (Phi) is 4.61. The molecule has 23 heavy (non-hydrogen) atoms. The molecule has 2 aromatic rings. The van der Waals surface area contributed by atoms with E-state index in [-0.39, 0.29) is 5.91 Å². The number of nitrogens with zero attached hydrogens (tertiary/aromatic N) is 5. The Labute approximate surface area is 139 Å². The number of hydrogen-bond acceptors (Lipinski definition) is 4. The number of amides is 1. The van der Waals surface area contributed by atoms with Gasteiger partial charge in [0.2, 0.25) is 5.91 Å². The number of guanidine groups is 1. The summed E-state index contributed by atoms with van der Waals surface area (Å²) in [5, 5.41) is 11.6. The van der Waals surface area contributed by atoms with E-state index in [0.717, 1.165) is 18.2 Å². The topological polar surface area (TPSA) is 65.8 Å². The summed E-state index contributed by atoms with van der Waals surface area (Å²) in [6.45, 7) is 2.40. The number of aliphatic imine (C=N–C) groups is 1. The number of hydrogen-bond donors (Lipinski definition) is 1. The minimum atomic E-state index is 0.0581. The molecular weight excluding hydrogens is 312 g/mol. The van der Waals surface area contributed by atoms with Crippen molar-refractivity contribution >= 4 is 28.9 Å². The fourth-order valence-corrected chi connectivity index (χ4v) is 3.25. The van der Waals surface area contributed by atoms with E-state index in [4.69, 9.17) is 0 Å². The predicted octanol–water partition coefficient (Wildman–Crippen LogP) is 0.906. The summed E-state index contributed by atoms with van der Waals surface area (Å²) in [6.07, 6.45) is 3.58. The molecule has 1 aliphatic rings. The summed E-state index contributed by atoms with van der Waals surface area (Å²) in [7, 11) is 3.59. The molecule has 7 nitrogen and oxygen atoms in total. The first-order valence-electron chi connectivity index (χ1n) is 7.43. The van der Waals surface area contributed by atoms with Crippen LogP contribution in [-0.4, -0.2) is 53.2 Å². The molecule has 0 bridgehead atoms. The third-order valence-corrected chi connectivity index (χ3v) is 4.50. The lowest BCUT2D eigenvalue weighted by molar-refractivity contribution is -0.120. The average Bonchev–Trinajstić information content (AvgIpc) is 3.20. The van der Waals surface area contributed by atoms with Crippen molar-refractivity contribution in [3.63, 3.8) is 0 Å². The van der Waals surface area contributed by atoms with E-state index >= 15 is 0 Å². The van der Waals surface area contributed by atoms with Crippen LogP contribution in [0.25, 0.3) is 0 Å². The number of aryl methyl sites for hydroxylation is 1. The van der Waals surface area contributed by atoms with Gasteiger partial charge in [0.15, 0.2) is 5.96 Å². The van der Waals surface area contributed by atoms with E-state index in [1.165, 1.54) is 5.56 Å². The second kappa shape index (κ2) is 6.82. The summed E-state index contributed by atoms with van der Waals surface area (Å²) >= 11 is 1.67.